The smallest absolute Gasteiger partial charge is 0.351 e. The van der Waals surface area contributed by atoms with Gasteiger partial charge in [0.1, 0.15) is 19.0 Å². The van der Waals surface area contributed by atoms with Crippen molar-refractivity contribution in [3.05, 3.63) is 53.1 Å². The second-order valence-corrected chi connectivity index (χ2v) is 11.5. The van der Waals surface area contributed by atoms with Gasteiger partial charge in [0.05, 0.1) is 25.6 Å². The van der Waals surface area contributed by atoms with Gasteiger partial charge in [-0.1, -0.05) is 26.0 Å². The van der Waals surface area contributed by atoms with E-state index in [2.05, 4.69) is 0 Å². The lowest BCUT2D eigenvalue weighted by molar-refractivity contribution is -0.183. The quantitative estimate of drug-likeness (QED) is 0.159. The molecule has 10 heteroatoms. The van der Waals surface area contributed by atoms with Crippen LogP contribution in [0.5, 0.6) is 23.0 Å². The Kier molecular flexibility index (Phi) is 7.70. The van der Waals surface area contributed by atoms with Crippen molar-refractivity contribution in [1.29, 1.82) is 0 Å². The Balaban J connectivity index is 1.51. The third-order valence-corrected chi connectivity index (χ3v) is 9.36. The second-order valence-electron chi connectivity index (χ2n) is 11.5. The summed E-state index contributed by atoms with van der Waals surface area (Å²) in [6.07, 6.45) is 4.10. The van der Waals surface area contributed by atoms with E-state index in [0.717, 1.165) is 16.7 Å². The van der Waals surface area contributed by atoms with Crippen LogP contribution in [0.2, 0.25) is 0 Å². The highest BCUT2D eigenvalue weighted by Crippen LogP contribution is 2.66. The number of fused-ring (bicyclic) bond motifs is 3. The molecule has 10 nitrogen and oxygen atoms in total. The summed E-state index contributed by atoms with van der Waals surface area (Å²) in [4.78, 5) is 37.5. The van der Waals surface area contributed by atoms with Crippen molar-refractivity contribution in [2.45, 2.75) is 51.2 Å². The summed E-state index contributed by atoms with van der Waals surface area (Å²) in [6, 6.07) is 9.07. The van der Waals surface area contributed by atoms with Crippen LogP contribution >= 0.6 is 0 Å². The van der Waals surface area contributed by atoms with Gasteiger partial charge in [0.2, 0.25) is 5.60 Å². The molecule has 2 aromatic rings. The molecule has 4 atom stereocenters. The molecule has 0 aromatic heterocycles. The molecule has 5 rings (SSSR count). The Bertz CT molecular complexity index is 1430. The monoisotopic (exact) mass is 580 g/mol. The normalized spacial score (nSPS) is 26.9. The summed E-state index contributed by atoms with van der Waals surface area (Å²) in [5.41, 5.74) is -0.637. The molecule has 2 aliphatic heterocycles. The molecule has 2 fully saturated rings. The van der Waals surface area contributed by atoms with Crippen LogP contribution < -0.4 is 18.9 Å². The number of carbonyl (C=O) groups excluding carboxylic acids is 3. The molecule has 1 saturated carbocycles. The first kappa shape index (κ1) is 29.4. The van der Waals surface area contributed by atoms with Gasteiger partial charge in [0.25, 0.3) is 0 Å². The molecule has 2 aromatic carbocycles. The van der Waals surface area contributed by atoms with E-state index in [1.807, 2.05) is 32.9 Å². The summed E-state index contributed by atoms with van der Waals surface area (Å²) < 4.78 is 40.1. The van der Waals surface area contributed by atoms with E-state index in [4.69, 9.17) is 33.2 Å². The maximum atomic E-state index is 13.8. The van der Waals surface area contributed by atoms with Gasteiger partial charge in [-0.3, -0.25) is 9.59 Å². The lowest BCUT2D eigenvalue weighted by Crippen LogP contribution is -2.49. The van der Waals surface area contributed by atoms with Gasteiger partial charge >= 0.3 is 11.9 Å². The summed E-state index contributed by atoms with van der Waals surface area (Å²) in [6.45, 7) is 5.62. The number of carbonyl (C=O) groups is 3. The molecular formula is C32H36O10. The number of methoxy groups -OCH3 is 3. The number of ether oxygens (including phenoxy) is 7. The summed E-state index contributed by atoms with van der Waals surface area (Å²) in [5.74, 6) is 0.535. The van der Waals surface area contributed by atoms with E-state index >= 15 is 0 Å². The average molecular weight is 581 g/mol. The molecule has 1 saturated heterocycles. The average Bonchev–Trinajstić information content (AvgIpc) is 3.51. The van der Waals surface area contributed by atoms with Gasteiger partial charge in [-0.05, 0) is 61.2 Å². The first-order valence-corrected chi connectivity index (χ1v) is 13.8. The van der Waals surface area contributed by atoms with Gasteiger partial charge in [-0.2, -0.15) is 0 Å². The SMILES string of the molecule is COCOc1ccc([C@@H]2Oc3c(OC)cc(/C=C/C=O)cc3[C@H]2COC(=O)C23CCC(C)(C(=O)O2)C3(C)C)cc1OC. The van der Waals surface area contributed by atoms with E-state index in [0.29, 0.717) is 42.1 Å². The molecule has 0 radical (unpaired) electrons. The van der Waals surface area contributed by atoms with Gasteiger partial charge in [-0.15, -0.1) is 0 Å². The summed E-state index contributed by atoms with van der Waals surface area (Å²) in [7, 11) is 4.60. The third kappa shape index (κ3) is 4.40. The molecule has 2 unspecified atom stereocenters. The molecule has 0 spiro atoms. The Hall–Kier alpha value is -4.05. The van der Waals surface area contributed by atoms with Crippen molar-refractivity contribution in [3.8, 4) is 23.0 Å². The zero-order valence-corrected chi connectivity index (χ0v) is 24.7. The highest BCUT2D eigenvalue weighted by molar-refractivity contribution is 5.93. The number of rotatable bonds is 11. The zero-order chi connectivity index (χ0) is 30.3. The van der Waals surface area contributed by atoms with Gasteiger partial charge in [0.15, 0.2) is 29.8 Å². The lowest BCUT2D eigenvalue weighted by atomic mass is 9.66. The highest BCUT2D eigenvalue weighted by atomic mass is 16.7. The van der Waals surface area contributed by atoms with Crippen LogP contribution in [-0.2, 0) is 28.6 Å². The van der Waals surface area contributed by atoms with E-state index in [9.17, 15) is 14.4 Å². The highest BCUT2D eigenvalue weighted by Gasteiger charge is 2.76. The number of hydrogen-bond acceptors (Lipinski definition) is 10. The number of benzene rings is 2. The zero-order valence-electron chi connectivity index (χ0n) is 24.7. The number of allylic oxidation sites excluding steroid dienone is 1. The van der Waals surface area contributed by atoms with Crippen LogP contribution in [0.15, 0.2) is 36.4 Å². The molecule has 2 heterocycles. The van der Waals surface area contributed by atoms with Crippen LogP contribution in [0, 0.1) is 10.8 Å². The summed E-state index contributed by atoms with van der Waals surface area (Å²) in [5, 5.41) is 0. The fourth-order valence-corrected chi connectivity index (χ4v) is 6.38. The molecule has 3 aliphatic rings. The van der Waals surface area contributed by atoms with Crippen molar-refractivity contribution >= 4 is 24.3 Å². The topological polar surface area (TPSA) is 116 Å². The molecule has 0 N–H and O–H groups in total. The largest absolute Gasteiger partial charge is 0.493 e. The molecular weight excluding hydrogens is 544 g/mol. The first-order valence-electron chi connectivity index (χ1n) is 13.8. The van der Waals surface area contributed by atoms with Crippen LogP contribution in [0.25, 0.3) is 6.08 Å². The fourth-order valence-electron chi connectivity index (χ4n) is 6.38. The first-order chi connectivity index (χ1) is 20.1. The predicted octanol–water partition coefficient (Wildman–Crippen LogP) is 4.78. The third-order valence-electron chi connectivity index (χ3n) is 9.36. The van der Waals surface area contributed by atoms with Crippen molar-refractivity contribution < 1.29 is 47.5 Å². The maximum absolute atomic E-state index is 13.8. The van der Waals surface area contributed by atoms with Gasteiger partial charge < -0.3 is 33.2 Å². The van der Waals surface area contributed by atoms with Crippen molar-refractivity contribution in [2.24, 2.45) is 10.8 Å². The van der Waals surface area contributed by atoms with E-state index in [1.165, 1.54) is 27.4 Å². The molecule has 224 valence electrons. The van der Waals surface area contributed by atoms with Crippen LogP contribution in [0.4, 0.5) is 0 Å². The fraction of sp³-hybridized carbons (Fsp3) is 0.469. The van der Waals surface area contributed by atoms with Gasteiger partial charge in [-0.25, -0.2) is 4.79 Å². The second kappa shape index (κ2) is 11.0. The number of esters is 2. The Labute approximate surface area is 244 Å². The van der Waals surface area contributed by atoms with Crippen LogP contribution in [-0.4, -0.2) is 58.6 Å². The minimum Gasteiger partial charge on any atom is -0.493 e. The van der Waals surface area contributed by atoms with Crippen molar-refractivity contribution in [3.63, 3.8) is 0 Å². The van der Waals surface area contributed by atoms with Crippen molar-refractivity contribution in [2.75, 3.05) is 34.7 Å². The van der Waals surface area contributed by atoms with E-state index < -0.39 is 34.4 Å². The van der Waals surface area contributed by atoms with E-state index in [-0.39, 0.29) is 19.4 Å². The Morgan fingerprint density at radius 1 is 1.02 bits per heavy atom. The van der Waals surface area contributed by atoms with E-state index in [1.54, 1.807) is 24.3 Å². The maximum Gasteiger partial charge on any atom is 0.351 e. The lowest BCUT2D eigenvalue weighted by Gasteiger charge is -2.34. The Morgan fingerprint density at radius 3 is 2.40 bits per heavy atom. The minimum atomic E-state index is -1.35. The van der Waals surface area contributed by atoms with Gasteiger partial charge in [0, 0.05) is 18.1 Å². The molecule has 42 heavy (non-hydrogen) atoms. The van der Waals surface area contributed by atoms with Crippen LogP contribution in [0.3, 0.4) is 0 Å². The minimum absolute atomic E-state index is 0.0512. The molecule has 2 bridgehead atoms. The summed E-state index contributed by atoms with van der Waals surface area (Å²) >= 11 is 0. The predicted molar refractivity (Wildman–Crippen MR) is 151 cm³/mol. The molecule has 1 aliphatic carbocycles. The standard InChI is InChI=1S/C32H36O10/c1-30(2)31(3)11-12-32(30,42-28(31)34)29(35)39-17-22-21-14-19(8-7-13-33)15-25(38-6)27(21)41-26(22)20-9-10-23(40-18-36-4)24(16-20)37-5/h7-10,13-16,22,26H,11-12,17-18H2,1-6H3/b8-7+/t22-,26+,31?,32?/m1/s1. The number of hydrogen-bond donors (Lipinski definition) is 0. The Morgan fingerprint density at radius 2 is 1.79 bits per heavy atom. The molecule has 0 amide bonds. The van der Waals surface area contributed by atoms with Crippen molar-refractivity contribution in [1.82, 2.24) is 0 Å². The number of aldehydes is 1. The van der Waals surface area contributed by atoms with Crippen LogP contribution in [0.1, 0.15) is 62.3 Å².